The van der Waals surface area contributed by atoms with Crippen LogP contribution in [0.5, 0.6) is 0 Å². The lowest BCUT2D eigenvalue weighted by Gasteiger charge is -2.08. The van der Waals surface area contributed by atoms with Crippen LogP contribution in [-0.4, -0.2) is 26.4 Å². The second-order valence-corrected chi connectivity index (χ2v) is 6.39. The van der Waals surface area contributed by atoms with Crippen LogP contribution >= 0.6 is 11.8 Å². The van der Waals surface area contributed by atoms with E-state index >= 15 is 0 Å². The molecule has 3 rings (SSSR count). The molecule has 1 saturated carbocycles. The van der Waals surface area contributed by atoms with Gasteiger partial charge in [-0.25, -0.2) is 9.37 Å². The first-order valence-corrected chi connectivity index (χ1v) is 8.12. The zero-order chi connectivity index (χ0) is 14.8. The minimum absolute atomic E-state index is 0.0333. The van der Waals surface area contributed by atoms with Gasteiger partial charge in [0.05, 0.1) is 16.8 Å². The van der Waals surface area contributed by atoms with E-state index in [-0.39, 0.29) is 11.6 Å². The molecule has 1 aliphatic rings. The molecule has 0 atom stereocenters. The number of nitrogens with zero attached hydrogens (tertiary/aromatic N) is 2. The number of rotatable bonds is 7. The molecule has 0 amide bonds. The van der Waals surface area contributed by atoms with Crippen molar-refractivity contribution in [3.8, 4) is 0 Å². The Labute approximate surface area is 126 Å². The van der Waals surface area contributed by atoms with Gasteiger partial charge in [-0.2, -0.15) is 0 Å². The van der Waals surface area contributed by atoms with Crippen molar-refractivity contribution in [1.29, 1.82) is 0 Å². The summed E-state index contributed by atoms with van der Waals surface area (Å²) < 4.78 is 15.4. The van der Waals surface area contributed by atoms with Gasteiger partial charge in [-0.05, 0) is 37.0 Å². The summed E-state index contributed by atoms with van der Waals surface area (Å²) in [6.45, 7) is 0.762. The smallest absolute Gasteiger partial charge is 0.313 e. The second kappa shape index (κ2) is 6.05. The van der Waals surface area contributed by atoms with Crippen LogP contribution in [0, 0.1) is 11.7 Å². The quantitative estimate of drug-likeness (QED) is 0.795. The molecule has 4 nitrogen and oxygen atoms in total. The summed E-state index contributed by atoms with van der Waals surface area (Å²) in [4.78, 5) is 15.2. The van der Waals surface area contributed by atoms with Gasteiger partial charge in [-0.1, -0.05) is 24.6 Å². The third-order valence-electron chi connectivity index (χ3n) is 3.69. The molecular weight excluding hydrogens is 291 g/mol. The number of hydrogen-bond donors (Lipinski definition) is 1. The number of carboxylic acid groups (broad SMARTS) is 1. The predicted molar refractivity (Wildman–Crippen MR) is 80.0 cm³/mol. The van der Waals surface area contributed by atoms with Crippen molar-refractivity contribution in [1.82, 2.24) is 9.55 Å². The predicted octanol–water partition coefficient (Wildman–Crippen LogP) is 3.54. The molecule has 1 N–H and O–H groups in total. The summed E-state index contributed by atoms with van der Waals surface area (Å²) in [6.07, 6.45) is 4.84. The molecule has 2 aromatic rings. The number of fused-ring (bicyclic) bond motifs is 1. The Morgan fingerprint density at radius 2 is 2.29 bits per heavy atom. The topological polar surface area (TPSA) is 55.1 Å². The van der Waals surface area contributed by atoms with Gasteiger partial charge in [0.15, 0.2) is 5.16 Å². The summed E-state index contributed by atoms with van der Waals surface area (Å²) in [5, 5.41) is 9.48. The summed E-state index contributed by atoms with van der Waals surface area (Å²) in [5.74, 6) is -0.343. The van der Waals surface area contributed by atoms with Gasteiger partial charge in [0, 0.05) is 6.54 Å². The fraction of sp³-hybridized carbons (Fsp3) is 0.467. The molecule has 1 heterocycles. The lowest BCUT2D eigenvalue weighted by atomic mass is 10.2. The van der Waals surface area contributed by atoms with Crippen molar-refractivity contribution in [2.75, 3.05) is 5.75 Å². The highest BCUT2D eigenvalue weighted by Crippen LogP contribution is 2.34. The fourth-order valence-electron chi connectivity index (χ4n) is 2.47. The van der Waals surface area contributed by atoms with Gasteiger partial charge in [0.1, 0.15) is 5.82 Å². The average molecular weight is 308 g/mol. The van der Waals surface area contributed by atoms with Crippen molar-refractivity contribution in [2.45, 2.75) is 37.4 Å². The number of aliphatic carboxylic acids is 1. The number of benzene rings is 1. The molecule has 0 bridgehead atoms. The fourth-order valence-corrected chi connectivity index (χ4v) is 3.23. The number of aryl methyl sites for hydroxylation is 1. The van der Waals surface area contributed by atoms with Crippen molar-refractivity contribution in [3.05, 3.63) is 24.0 Å². The Bertz CT molecular complexity index is 667. The Morgan fingerprint density at radius 3 is 3.00 bits per heavy atom. The molecule has 0 radical (unpaired) electrons. The molecule has 1 aromatic heterocycles. The number of aromatic nitrogens is 2. The van der Waals surface area contributed by atoms with E-state index < -0.39 is 5.97 Å². The lowest BCUT2D eigenvalue weighted by molar-refractivity contribution is -0.133. The maximum Gasteiger partial charge on any atom is 0.313 e. The normalized spacial score (nSPS) is 14.7. The van der Waals surface area contributed by atoms with Crippen LogP contribution in [-0.2, 0) is 11.3 Å². The first kappa shape index (κ1) is 14.4. The molecular formula is C15H17FN2O2S. The van der Waals surface area contributed by atoms with Crippen LogP contribution in [0.3, 0.4) is 0 Å². The van der Waals surface area contributed by atoms with E-state index in [0.717, 1.165) is 29.9 Å². The minimum Gasteiger partial charge on any atom is -0.481 e. The van der Waals surface area contributed by atoms with E-state index in [1.54, 1.807) is 6.07 Å². The third kappa shape index (κ3) is 3.56. The first-order chi connectivity index (χ1) is 10.1. The number of imidazole rings is 1. The van der Waals surface area contributed by atoms with E-state index in [1.807, 2.05) is 4.57 Å². The van der Waals surface area contributed by atoms with Gasteiger partial charge in [-0.3, -0.25) is 4.79 Å². The molecule has 1 fully saturated rings. The third-order valence-corrected chi connectivity index (χ3v) is 4.65. The summed E-state index contributed by atoms with van der Waals surface area (Å²) in [7, 11) is 0. The maximum absolute atomic E-state index is 13.5. The molecule has 6 heteroatoms. The zero-order valence-corrected chi connectivity index (χ0v) is 12.4. The van der Waals surface area contributed by atoms with Crippen molar-refractivity contribution < 1.29 is 14.3 Å². The monoisotopic (exact) mass is 308 g/mol. The second-order valence-electron chi connectivity index (χ2n) is 5.45. The van der Waals surface area contributed by atoms with Gasteiger partial charge in [-0.15, -0.1) is 0 Å². The number of hydrogen-bond acceptors (Lipinski definition) is 3. The molecule has 0 spiro atoms. The molecule has 0 saturated heterocycles. The number of carboxylic acids is 1. The lowest BCUT2D eigenvalue weighted by Crippen LogP contribution is -2.04. The van der Waals surface area contributed by atoms with E-state index in [4.69, 9.17) is 5.11 Å². The van der Waals surface area contributed by atoms with E-state index in [1.165, 1.54) is 43.2 Å². The summed E-state index contributed by atoms with van der Waals surface area (Å²) in [6, 6.07) is 4.51. The van der Waals surface area contributed by atoms with Gasteiger partial charge >= 0.3 is 5.97 Å². The Hall–Kier alpha value is -1.56. The van der Waals surface area contributed by atoms with Crippen LogP contribution in [0.25, 0.3) is 11.0 Å². The molecule has 21 heavy (non-hydrogen) atoms. The zero-order valence-electron chi connectivity index (χ0n) is 11.6. The van der Waals surface area contributed by atoms with Crippen molar-refractivity contribution in [2.24, 2.45) is 5.92 Å². The SMILES string of the molecule is O=C(O)CSc1nc2ccc(F)cc2n1CCCC1CC1. The molecule has 0 aliphatic heterocycles. The Kier molecular flexibility index (Phi) is 4.14. The highest BCUT2D eigenvalue weighted by molar-refractivity contribution is 7.99. The van der Waals surface area contributed by atoms with E-state index in [9.17, 15) is 9.18 Å². The van der Waals surface area contributed by atoms with Gasteiger partial charge in [0.25, 0.3) is 0 Å². The standard InChI is InChI=1S/C15H17FN2O2S/c16-11-5-6-12-13(8-11)18(7-1-2-10-3-4-10)15(17-12)21-9-14(19)20/h5-6,8,10H,1-4,7,9H2,(H,19,20). The van der Waals surface area contributed by atoms with Crippen LogP contribution in [0.4, 0.5) is 4.39 Å². The van der Waals surface area contributed by atoms with E-state index in [2.05, 4.69) is 4.98 Å². The highest BCUT2D eigenvalue weighted by atomic mass is 32.2. The molecule has 1 aromatic carbocycles. The van der Waals surface area contributed by atoms with Gasteiger partial charge in [0.2, 0.25) is 0 Å². The van der Waals surface area contributed by atoms with Crippen molar-refractivity contribution in [3.63, 3.8) is 0 Å². The summed E-state index contributed by atoms with van der Waals surface area (Å²) >= 11 is 1.19. The number of halogens is 1. The maximum atomic E-state index is 13.5. The highest BCUT2D eigenvalue weighted by Gasteiger charge is 2.21. The minimum atomic E-state index is -0.872. The Morgan fingerprint density at radius 1 is 1.48 bits per heavy atom. The van der Waals surface area contributed by atoms with Gasteiger partial charge < -0.3 is 9.67 Å². The molecule has 0 unspecified atom stereocenters. The van der Waals surface area contributed by atoms with Crippen LogP contribution in [0.1, 0.15) is 25.7 Å². The molecule has 1 aliphatic carbocycles. The number of thioether (sulfide) groups is 1. The van der Waals surface area contributed by atoms with E-state index in [0.29, 0.717) is 5.16 Å². The average Bonchev–Trinajstić information content (AvgIpc) is 3.20. The summed E-state index contributed by atoms with van der Waals surface area (Å²) in [5.41, 5.74) is 1.47. The van der Waals surface area contributed by atoms with Crippen molar-refractivity contribution >= 4 is 28.8 Å². The first-order valence-electron chi connectivity index (χ1n) is 7.14. The van der Waals surface area contributed by atoms with Crippen LogP contribution in [0.15, 0.2) is 23.4 Å². The largest absolute Gasteiger partial charge is 0.481 e. The van der Waals surface area contributed by atoms with Crippen LogP contribution in [0.2, 0.25) is 0 Å². The van der Waals surface area contributed by atoms with Crippen LogP contribution < -0.4 is 0 Å². The number of carbonyl (C=O) groups is 1. The molecule has 112 valence electrons. The Balaban J connectivity index is 1.84.